The van der Waals surface area contributed by atoms with Crippen LogP contribution in [0.5, 0.6) is 5.88 Å². The van der Waals surface area contributed by atoms with Crippen LogP contribution in [-0.4, -0.2) is 51.9 Å². The molecule has 1 saturated heterocycles. The first-order valence-corrected chi connectivity index (χ1v) is 9.02. The van der Waals surface area contributed by atoms with E-state index in [1.807, 2.05) is 4.90 Å². The predicted octanol–water partition coefficient (Wildman–Crippen LogP) is 0.244. The summed E-state index contributed by atoms with van der Waals surface area (Å²) in [7, 11) is 0. The Morgan fingerprint density at radius 3 is 2.85 bits per heavy atom. The third-order valence-electron chi connectivity index (χ3n) is 4.94. The van der Waals surface area contributed by atoms with Gasteiger partial charge in [0, 0.05) is 39.3 Å². The Morgan fingerprint density at radius 2 is 2.08 bits per heavy atom. The maximum atomic E-state index is 12.4. The summed E-state index contributed by atoms with van der Waals surface area (Å²) in [5, 5.41) is 2.76. The molecule has 0 aliphatic carbocycles. The van der Waals surface area contributed by atoms with E-state index in [2.05, 4.69) is 15.3 Å². The van der Waals surface area contributed by atoms with Crippen molar-refractivity contribution in [2.75, 3.05) is 31.1 Å². The summed E-state index contributed by atoms with van der Waals surface area (Å²) in [6.45, 7) is 3.37. The van der Waals surface area contributed by atoms with Crippen LogP contribution in [0.3, 0.4) is 0 Å². The Hall–Kier alpha value is -2.58. The summed E-state index contributed by atoms with van der Waals surface area (Å²) in [5.74, 6) is 1.02. The molecule has 2 aliphatic heterocycles. The fourth-order valence-electron chi connectivity index (χ4n) is 3.60. The quantitative estimate of drug-likeness (QED) is 0.617. The highest BCUT2D eigenvalue weighted by Gasteiger charge is 2.47. The van der Waals surface area contributed by atoms with E-state index in [4.69, 9.17) is 16.2 Å². The monoisotopic (exact) mass is 362 g/mol. The molecule has 5 N–H and O–H groups in total. The standard InChI is InChI=1S/C17H26N6O3/c1-11(24)20-7-4-2-3-5-13(25)23-8-6-17(10-23)9-12-14(18)21-16(19)22-15(12)26-17/h2-10H2,1H3,(H,20,24)(H4,18,19,21,22)/t17-/m0/s1. The van der Waals surface area contributed by atoms with E-state index in [0.29, 0.717) is 44.2 Å². The first-order chi connectivity index (χ1) is 12.4. The number of nitrogen functional groups attached to an aromatic ring is 2. The molecule has 9 nitrogen and oxygen atoms in total. The van der Waals surface area contributed by atoms with Gasteiger partial charge in [0.1, 0.15) is 11.4 Å². The lowest BCUT2D eigenvalue weighted by atomic mass is 9.97. The van der Waals surface area contributed by atoms with Crippen LogP contribution in [0.4, 0.5) is 11.8 Å². The Bertz CT molecular complexity index is 710. The van der Waals surface area contributed by atoms with Crippen LogP contribution >= 0.6 is 0 Å². The molecule has 0 unspecified atom stereocenters. The molecule has 1 aromatic rings. The van der Waals surface area contributed by atoms with Crippen molar-refractivity contribution in [2.45, 2.75) is 51.0 Å². The molecule has 3 rings (SSSR count). The molecule has 142 valence electrons. The maximum Gasteiger partial charge on any atom is 0.225 e. The predicted molar refractivity (Wildman–Crippen MR) is 96.3 cm³/mol. The SMILES string of the molecule is CC(=O)NCCCCCC(=O)N1CC[C@]2(Cc3c(N)nc(N)nc3O2)C1. The van der Waals surface area contributed by atoms with E-state index in [1.165, 1.54) is 6.92 Å². The number of nitrogens with two attached hydrogens (primary N) is 2. The molecule has 0 bridgehead atoms. The zero-order valence-electron chi connectivity index (χ0n) is 15.1. The fourth-order valence-corrected chi connectivity index (χ4v) is 3.60. The van der Waals surface area contributed by atoms with Crippen LogP contribution in [0.2, 0.25) is 0 Å². The average molecular weight is 362 g/mol. The summed E-state index contributed by atoms with van der Waals surface area (Å²) < 4.78 is 6.03. The highest BCUT2D eigenvalue weighted by atomic mass is 16.5. The van der Waals surface area contributed by atoms with Gasteiger partial charge in [0.2, 0.25) is 23.6 Å². The van der Waals surface area contributed by atoms with Gasteiger partial charge >= 0.3 is 0 Å². The molecule has 1 aromatic heterocycles. The zero-order valence-corrected chi connectivity index (χ0v) is 15.1. The lowest BCUT2D eigenvalue weighted by Crippen LogP contribution is -2.39. The molecule has 0 aromatic carbocycles. The number of carbonyl (C=O) groups excluding carboxylic acids is 2. The Kier molecular flexibility index (Phi) is 5.15. The number of unbranched alkanes of at least 4 members (excludes halogenated alkanes) is 2. The maximum absolute atomic E-state index is 12.4. The fraction of sp³-hybridized carbons (Fsp3) is 0.647. The van der Waals surface area contributed by atoms with Crippen molar-refractivity contribution in [2.24, 2.45) is 0 Å². The number of rotatable bonds is 6. The normalized spacial score (nSPS) is 20.9. The first kappa shape index (κ1) is 18.2. The number of hydrogen-bond acceptors (Lipinski definition) is 7. The van der Waals surface area contributed by atoms with Gasteiger partial charge < -0.3 is 26.4 Å². The van der Waals surface area contributed by atoms with E-state index >= 15 is 0 Å². The van der Waals surface area contributed by atoms with Gasteiger partial charge in [-0.2, -0.15) is 9.97 Å². The molecule has 1 spiro atoms. The number of nitrogens with one attached hydrogen (secondary N) is 1. The molecular formula is C17H26N6O3. The molecule has 9 heteroatoms. The topological polar surface area (TPSA) is 136 Å². The van der Waals surface area contributed by atoms with Gasteiger partial charge in [-0.15, -0.1) is 0 Å². The van der Waals surface area contributed by atoms with Crippen molar-refractivity contribution in [1.29, 1.82) is 0 Å². The van der Waals surface area contributed by atoms with Crippen LogP contribution < -0.4 is 21.5 Å². The van der Waals surface area contributed by atoms with E-state index in [1.54, 1.807) is 0 Å². The third-order valence-corrected chi connectivity index (χ3v) is 4.94. The molecular weight excluding hydrogens is 336 g/mol. The summed E-state index contributed by atoms with van der Waals surface area (Å²) in [6.07, 6.45) is 4.48. The van der Waals surface area contributed by atoms with Gasteiger partial charge in [-0.05, 0) is 12.8 Å². The van der Waals surface area contributed by atoms with Gasteiger partial charge in [-0.25, -0.2) is 0 Å². The third kappa shape index (κ3) is 3.97. The van der Waals surface area contributed by atoms with Gasteiger partial charge in [-0.3, -0.25) is 9.59 Å². The number of nitrogens with zero attached hydrogens (tertiary/aromatic N) is 3. The van der Waals surface area contributed by atoms with E-state index in [-0.39, 0.29) is 17.8 Å². The van der Waals surface area contributed by atoms with Crippen LogP contribution in [0, 0.1) is 0 Å². The second-order valence-corrected chi connectivity index (χ2v) is 7.07. The minimum Gasteiger partial charge on any atom is -0.468 e. The molecule has 1 atom stereocenters. The summed E-state index contributed by atoms with van der Waals surface area (Å²) >= 11 is 0. The second-order valence-electron chi connectivity index (χ2n) is 7.07. The van der Waals surface area contributed by atoms with Crippen LogP contribution in [-0.2, 0) is 16.0 Å². The smallest absolute Gasteiger partial charge is 0.225 e. The molecule has 2 aliphatic rings. The number of aromatic nitrogens is 2. The molecule has 0 radical (unpaired) electrons. The lowest BCUT2D eigenvalue weighted by Gasteiger charge is -2.23. The van der Waals surface area contributed by atoms with Crippen LogP contribution in [0.25, 0.3) is 0 Å². The van der Waals surface area contributed by atoms with Gasteiger partial charge in [0.25, 0.3) is 0 Å². The largest absolute Gasteiger partial charge is 0.468 e. The van der Waals surface area contributed by atoms with E-state index in [9.17, 15) is 9.59 Å². The van der Waals surface area contributed by atoms with Gasteiger partial charge in [-0.1, -0.05) is 6.42 Å². The Labute approximate surface area is 152 Å². The van der Waals surface area contributed by atoms with Crippen molar-refractivity contribution in [3.05, 3.63) is 5.56 Å². The number of hydrogen-bond donors (Lipinski definition) is 3. The Balaban J connectivity index is 1.46. The summed E-state index contributed by atoms with van der Waals surface area (Å²) in [5.41, 5.74) is 11.9. The first-order valence-electron chi connectivity index (χ1n) is 9.02. The summed E-state index contributed by atoms with van der Waals surface area (Å²) in [6, 6.07) is 0. The van der Waals surface area contributed by atoms with Crippen LogP contribution in [0.15, 0.2) is 0 Å². The molecule has 1 fully saturated rings. The van der Waals surface area contributed by atoms with Crippen LogP contribution in [0.1, 0.15) is 44.6 Å². The van der Waals surface area contributed by atoms with Crippen molar-refractivity contribution < 1.29 is 14.3 Å². The number of fused-ring (bicyclic) bond motifs is 1. The van der Waals surface area contributed by atoms with Crippen molar-refractivity contribution in [3.63, 3.8) is 0 Å². The second kappa shape index (κ2) is 7.35. The highest BCUT2D eigenvalue weighted by Crippen LogP contribution is 2.41. The number of anilines is 2. The molecule has 0 saturated carbocycles. The average Bonchev–Trinajstić information content (AvgIpc) is 3.14. The van der Waals surface area contributed by atoms with E-state index in [0.717, 1.165) is 31.2 Å². The van der Waals surface area contributed by atoms with Crippen molar-refractivity contribution in [3.8, 4) is 5.88 Å². The number of amides is 2. The highest BCUT2D eigenvalue weighted by molar-refractivity contribution is 5.76. The van der Waals surface area contributed by atoms with E-state index < -0.39 is 5.60 Å². The Morgan fingerprint density at radius 1 is 1.27 bits per heavy atom. The molecule has 2 amide bonds. The lowest BCUT2D eigenvalue weighted by molar-refractivity contribution is -0.131. The van der Waals surface area contributed by atoms with Crippen molar-refractivity contribution >= 4 is 23.6 Å². The van der Waals surface area contributed by atoms with Gasteiger partial charge in [0.05, 0.1) is 12.1 Å². The van der Waals surface area contributed by atoms with Crippen molar-refractivity contribution in [1.82, 2.24) is 20.2 Å². The summed E-state index contributed by atoms with van der Waals surface area (Å²) in [4.78, 5) is 33.2. The number of likely N-dealkylation sites (tertiary alicyclic amines) is 1. The van der Waals surface area contributed by atoms with Gasteiger partial charge in [0.15, 0.2) is 0 Å². The zero-order chi connectivity index (χ0) is 18.7. The molecule has 26 heavy (non-hydrogen) atoms. The number of carbonyl (C=O) groups is 2. The minimum atomic E-state index is -0.458. The molecule has 3 heterocycles. The minimum absolute atomic E-state index is 0.0203. The number of ether oxygens (including phenoxy) is 1.